The number of nitrogens with zero attached hydrogens (tertiary/aromatic N) is 4. The third kappa shape index (κ3) is 4.14. The first-order chi connectivity index (χ1) is 15.5. The summed E-state index contributed by atoms with van der Waals surface area (Å²) in [6.45, 7) is 6.96. The van der Waals surface area contributed by atoms with Gasteiger partial charge >= 0.3 is 0 Å². The van der Waals surface area contributed by atoms with Gasteiger partial charge < -0.3 is 5.32 Å². The Morgan fingerprint density at radius 2 is 1.84 bits per heavy atom. The summed E-state index contributed by atoms with van der Waals surface area (Å²) in [5, 5.41) is 12.8. The predicted octanol–water partition coefficient (Wildman–Crippen LogP) is 4.17. The second-order valence-corrected chi connectivity index (χ2v) is 8.92. The molecule has 166 valence electrons. The topological polar surface area (TPSA) is 81.3 Å². The number of fused-ring (bicyclic) bond motifs is 3. The summed E-state index contributed by atoms with van der Waals surface area (Å²) in [6, 6.07) is 15.3. The van der Waals surface area contributed by atoms with Crippen molar-refractivity contribution in [3.8, 4) is 5.69 Å². The zero-order valence-corrected chi connectivity index (χ0v) is 19.4. The molecule has 0 saturated carbocycles. The van der Waals surface area contributed by atoms with E-state index in [0.717, 1.165) is 29.6 Å². The minimum Gasteiger partial charge on any atom is -0.355 e. The summed E-state index contributed by atoms with van der Waals surface area (Å²) in [5.74, 6) is 0.868. The Kier molecular flexibility index (Phi) is 6.60. The van der Waals surface area contributed by atoms with Gasteiger partial charge in [0.2, 0.25) is 11.7 Å². The van der Waals surface area contributed by atoms with Crippen LogP contribution in [0.2, 0.25) is 0 Å². The second kappa shape index (κ2) is 9.56. The fraction of sp³-hybridized carbons (Fsp3) is 0.333. The molecule has 0 aliphatic carbocycles. The van der Waals surface area contributed by atoms with Gasteiger partial charge in [-0.15, -0.1) is 10.2 Å². The van der Waals surface area contributed by atoms with E-state index in [4.69, 9.17) is 0 Å². The van der Waals surface area contributed by atoms with Crippen LogP contribution < -0.4 is 10.9 Å². The van der Waals surface area contributed by atoms with Gasteiger partial charge in [-0.3, -0.25) is 14.0 Å². The maximum Gasteiger partial charge on any atom is 0.267 e. The van der Waals surface area contributed by atoms with Crippen molar-refractivity contribution in [1.82, 2.24) is 24.5 Å². The first-order valence-electron chi connectivity index (χ1n) is 10.9. The molecule has 4 aromatic rings. The monoisotopic (exact) mass is 449 g/mol. The van der Waals surface area contributed by atoms with Gasteiger partial charge in [0.15, 0.2) is 5.16 Å². The van der Waals surface area contributed by atoms with Crippen molar-refractivity contribution in [3.05, 3.63) is 64.4 Å². The molecule has 0 radical (unpaired) electrons. The number of benzene rings is 2. The number of rotatable bonds is 8. The second-order valence-electron chi connectivity index (χ2n) is 7.98. The van der Waals surface area contributed by atoms with Crippen molar-refractivity contribution in [1.29, 1.82) is 0 Å². The fourth-order valence-electron chi connectivity index (χ4n) is 3.75. The summed E-state index contributed by atoms with van der Waals surface area (Å²) in [6.07, 6.45) is 1.99. The van der Waals surface area contributed by atoms with Crippen LogP contribution in [0, 0.1) is 0 Å². The van der Waals surface area contributed by atoms with Gasteiger partial charge in [-0.1, -0.05) is 69.3 Å². The fourth-order valence-corrected chi connectivity index (χ4v) is 4.52. The summed E-state index contributed by atoms with van der Waals surface area (Å²) in [5.41, 5.74) is 2.44. The molecular weight excluding hydrogens is 422 g/mol. The standard InChI is InChI=1S/C24H27N5O2S/c1-4-5-14-25-21(30)15-32-24-27-26-23-28(19-12-8-6-10-17(19)16(2)3)22(31)18-11-7-9-13-20(18)29(23)24/h6-13,16H,4-5,14-15H2,1-3H3,(H,25,30). The van der Waals surface area contributed by atoms with Gasteiger partial charge in [-0.05, 0) is 36.1 Å². The highest BCUT2D eigenvalue weighted by Crippen LogP contribution is 2.26. The highest BCUT2D eigenvalue weighted by molar-refractivity contribution is 7.99. The highest BCUT2D eigenvalue weighted by Gasteiger charge is 2.20. The van der Waals surface area contributed by atoms with Gasteiger partial charge in [0.1, 0.15) is 0 Å². The molecule has 0 unspecified atom stereocenters. The zero-order chi connectivity index (χ0) is 22.7. The van der Waals surface area contributed by atoms with E-state index in [2.05, 4.69) is 36.3 Å². The van der Waals surface area contributed by atoms with Crippen LogP contribution >= 0.6 is 11.8 Å². The normalized spacial score (nSPS) is 11.5. The zero-order valence-electron chi connectivity index (χ0n) is 18.5. The van der Waals surface area contributed by atoms with Crippen molar-refractivity contribution in [2.24, 2.45) is 0 Å². The molecule has 7 nitrogen and oxygen atoms in total. The van der Waals surface area contributed by atoms with Crippen molar-refractivity contribution < 1.29 is 4.79 Å². The van der Waals surface area contributed by atoms with Crippen molar-refractivity contribution in [3.63, 3.8) is 0 Å². The van der Waals surface area contributed by atoms with Crippen molar-refractivity contribution in [2.45, 2.75) is 44.7 Å². The minimum absolute atomic E-state index is 0.0389. The maximum atomic E-state index is 13.6. The van der Waals surface area contributed by atoms with E-state index in [-0.39, 0.29) is 23.1 Å². The average molecular weight is 450 g/mol. The molecule has 2 heterocycles. The lowest BCUT2D eigenvalue weighted by atomic mass is 10.0. The lowest BCUT2D eigenvalue weighted by Gasteiger charge is -2.16. The van der Waals surface area contributed by atoms with Gasteiger partial charge in [0.25, 0.3) is 5.56 Å². The number of nitrogens with one attached hydrogen (secondary N) is 1. The number of carbonyl (C=O) groups excluding carboxylic acids is 1. The number of hydrogen-bond acceptors (Lipinski definition) is 5. The Bertz CT molecular complexity index is 1330. The molecular formula is C24H27N5O2S. The van der Waals surface area contributed by atoms with E-state index >= 15 is 0 Å². The Morgan fingerprint density at radius 3 is 2.62 bits per heavy atom. The Balaban J connectivity index is 1.86. The number of carbonyl (C=O) groups is 1. The van der Waals surface area contributed by atoms with Crippen molar-refractivity contribution >= 4 is 34.3 Å². The number of amides is 1. The molecule has 0 fully saturated rings. The molecule has 2 aromatic carbocycles. The third-order valence-corrected chi connectivity index (χ3v) is 6.31. The van der Waals surface area contributed by atoms with Gasteiger partial charge in [0.05, 0.1) is 22.3 Å². The molecule has 0 bridgehead atoms. The van der Waals surface area contributed by atoms with Crippen molar-refractivity contribution in [2.75, 3.05) is 12.3 Å². The molecule has 1 amide bonds. The molecule has 0 saturated heterocycles. The summed E-state index contributed by atoms with van der Waals surface area (Å²) in [7, 11) is 0. The minimum atomic E-state index is -0.137. The first-order valence-corrected chi connectivity index (χ1v) is 11.9. The van der Waals surface area contributed by atoms with Gasteiger partial charge in [-0.25, -0.2) is 4.57 Å². The lowest BCUT2D eigenvalue weighted by molar-refractivity contribution is -0.118. The molecule has 0 aliphatic heterocycles. The van der Waals surface area contributed by atoms with Crippen LogP contribution in [0.3, 0.4) is 0 Å². The molecule has 4 rings (SSSR count). The third-order valence-electron chi connectivity index (χ3n) is 5.38. The Hall–Kier alpha value is -3.13. The molecule has 32 heavy (non-hydrogen) atoms. The van der Waals surface area contributed by atoms with Crippen LogP contribution in [0.25, 0.3) is 22.4 Å². The molecule has 0 spiro atoms. The lowest BCUT2D eigenvalue weighted by Crippen LogP contribution is -2.26. The quantitative estimate of drug-likeness (QED) is 0.323. The SMILES string of the molecule is CCCCNC(=O)CSc1nnc2n(-c3ccccc3C(C)C)c(=O)c3ccccc3n12. The number of hydrogen-bond donors (Lipinski definition) is 1. The van der Waals surface area contributed by atoms with E-state index < -0.39 is 0 Å². The van der Waals surface area contributed by atoms with Crippen LogP contribution in [0.15, 0.2) is 58.5 Å². The van der Waals surface area contributed by atoms with E-state index in [0.29, 0.717) is 22.9 Å². The summed E-state index contributed by atoms with van der Waals surface area (Å²) in [4.78, 5) is 25.8. The molecule has 0 atom stereocenters. The number of unbranched alkanes of at least 4 members (excludes halogenated alkanes) is 1. The molecule has 1 N–H and O–H groups in total. The van der Waals surface area contributed by atoms with Gasteiger partial charge in [-0.2, -0.15) is 0 Å². The Morgan fingerprint density at radius 1 is 1.09 bits per heavy atom. The smallest absolute Gasteiger partial charge is 0.267 e. The first kappa shape index (κ1) is 22.1. The van der Waals surface area contributed by atoms with E-state index in [1.165, 1.54) is 11.8 Å². The van der Waals surface area contributed by atoms with Crippen LogP contribution in [0.1, 0.15) is 45.1 Å². The summed E-state index contributed by atoms with van der Waals surface area (Å²) < 4.78 is 3.51. The van der Waals surface area contributed by atoms with Crippen LogP contribution in [-0.4, -0.2) is 37.4 Å². The maximum absolute atomic E-state index is 13.6. The highest BCUT2D eigenvalue weighted by atomic mass is 32.2. The van der Waals surface area contributed by atoms with Crippen LogP contribution in [0.4, 0.5) is 0 Å². The number of para-hydroxylation sites is 2. The summed E-state index contributed by atoms with van der Waals surface area (Å²) >= 11 is 1.32. The largest absolute Gasteiger partial charge is 0.355 e. The van der Waals surface area contributed by atoms with E-state index in [1.807, 2.05) is 52.9 Å². The van der Waals surface area contributed by atoms with E-state index in [1.54, 1.807) is 4.57 Å². The molecule has 2 aromatic heterocycles. The van der Waals surface area contributed by atoms with E-state index in [9.17, 15) is 9.59 Å². The van der Waals surface area contributed by atoms with Crippen LogP contribution in [0.5, 0.6) is 0 Å². The van der Waals surface area contributed by atoms with Gasteiger partial charge in [0, 0.05) is 6.54 Å². The number of thioether (sulfide) groups is 1. The number of aromatic nitrogens is 4. The van der Waals surface area contributed by atoms with Crippen LogP contribution in [-0.2, 0) is 4.79 Å². The Labute approximate surface area is 190 Å². The molecule has 8 heteroatoms. The average Bonchev–Trinajstić information content (AvgIpc) is 3.22. The predicted molar refractivity (Wildman–Crippen MR) is 129 cm³/mol. The molecule has 0 aliphatic rings.